The van der Waals surface area contributed by atoms with Gasteiger partial charge in [0, 0.05) is 23.9 Å². The molecule has 0 unspecified atom stereocenters. The number of anilines is 1. The lowest BCUT2D eigenvalue weighted by Crippen LogP contribution is -2.18. The fourth-order valence-electron chi connectivity index (χ4n) is 3.41. The molecule has 3 aromatic carbocycles. The maximum atomic E-state index is 12.6. The molecule has 0 aliphatic heterocycles. The smallest absolute Gasteiger partial charge is 0.251 e. The van der Waals surface area contributed by atoms with Gasteiger partial charge in [-0.2, -0.15) is 0 Å². The summed E-state index contributed by atoms with van der Waals surface area (Å²) < 4.78 is 1.98. The first-order valence-electron chi connectivity index (χ1n) is 10.8. The van der Waals surface area contributed by atoms with E-state index in [4.69, 9.17) is 0 Å². The summed E-state index contributed by atoms with van der Waals surface area (Å²) in [6, 6.07) is 22.8. The number of rotatable bonds is 7. The van der Waals surface area contributed by atoms with Gasteiger partial charge in [-0.15, -0.1) is 10.2 Å². The van der Waals surface area contributed by atoms with Gasteiger partial charge in [-0.1, -0.05) is 48.2 Å². The van der Waals surface area contributed by atoms with E-state index < -0.39 is 0 Å². The predicted molar refractivity (Wildman–Crippen MR) is 135 cm³/mol. The third kappa shape index (κ3) is 5.18. The van der Waals surface area contributed by atoms with Crippen LogP contribution in [0, 0.1) is 13.8 Å². The first kappa shape index (κ1) is 23.3. The highest BCUT2D eigenvalue weighted by Gasteiger charge is 2.18. The minimum Gasteiger partial charge on any atom is -0.355 e. The number of carbonyl (C=O) groups excluding carboxylic acids is 2. The van der Waals surface area contributed by atoms with E-state index in [-0.39, 0.29) is 17.6 Å². The standard InChI is InChI=1S/C26H25N5O2S/c1-17-9-14-22(15-18(17)2)31-24(19-7-5-4-6-8-19)29-30-26(31)34-16-23(32)28-21-12-10-20(11-13-21)25(33)27-3/h4-15H,16H2,1-3H3,(H,27,33)(H,28,32). The predicted octanol–water partition coefficient (Wildman–Crippen LogP) is 4.64. The molecule has 0 saturated heterocycles. The van der Waals surface area contributed by atoms with Gasteiger partial charge >= 0.3 is 0 Å². The molecule has 7 nitrogen and oxygen atoms in total. The molecule has 2 N–H and O–H groups in total. The van der Waals surface area contributed by atoms with Gasteiger partial charge in [-0.05, 0) is 61.4 Å². The van der Waals surface area contributed by atoms with Crippen LogP contribution in [-0.4, -0.2) is 39.4 Å². The molecule has 0 aliphatic carbocycles. The van der Waals surface area contributed by atoms with E-state index in [1.54, 1.807) is 31.3 Å². The van der Waals surface area contributed by atoms with Crippen molar-refractivity contribution in [3.05, 3.63) is 89.5 Å². The van der Waals surface area contributed by atoms with Crippen molar-refractivity contribution in [1.82, 2.24) is 20.1 Å². The lowest BCUT2D eigenvalue weighted by atomic mass is 10.1. The van der Waals surface area contributed by atoms with Gasteiger partial charge < -0.3 is 10.6 Å². The number of amides is 2. The molecule has 172 valence electrons. The molecule has 4 aromatic rings. The van der Waals surface area contributed by atoms with Gasteiger partial charge in [0.15, 0.2) is 11.0 Å². The van der Waals surface area contributed by atoms with E-state index in [0.29, 0.717) is 16.4 Å². The van der Waals surface area contributed by atoms with Crippen molar-refractivity contribution < 1.29 is 9.59 Å². The second-order valence-electron chi connectivity index (χ2n) is 7.77. The van der Waals surface area contributed by atoms with Crippen LogP contribution in [0.1, 0.15) is 21.5 Å². The Morgan fingerprint density at radius 2 is 1.65 bits per heavy atom. The lowest BCUT2D eigenvalue weighted by Gasteiger charge is -2.12. The molecule has 0 fully saturated rings. The van der Waals surface area contributed by atoms with E-state index >= 15 is 0 Å². The SMILES string of the molecule is CNC(=O)c1ccc(NC(=O)CSc2nnc(-c3ccccc3)n2-c2ccc(C)c(C)c2)cc1. The van der Waals surface area contributed by atoms with Crippen LogP contribution in [0.4, 0.5) is 5.69 Å². The molecule has 1 heterocycles. The van der Waals surface area contributed by atoms with E-state index in [1.165, 1.54) is 22.9 Å². The van der Waals surface area contributed by atoms with Crippen LogP contribution < -0.4 is 10.6 Å². The van der Waals surface area contributed by atoms with Crippen molar-refractivity contribution in [3.63, 3.8) is 0 Å². The molecule has 34 heavy (non-hydrogen) atoms. The first-order chi connectivity index (χ1) is 16.5. The van der Waals surface area contributed by atoms with Crippen molar-refractivity contribution in [3.8, 4) is 17.1 Å². The highest BCUT2D eigenvalue weighted by Crippen LogP contribution is 2.29. The Hall–Kier alpha value is -3.91. The Kier molecular flexibility index (Phi) is 7.08. The van der Waals surface area contributed by atoms with Crippen LogP contribution >= 0.6 is 11.8 Å². The van der Waals surface area contributed by atoms with E-state index in [2.05, 4.69) is 46.8 Å². The van der Waals surface area contributed by atoms with Gasteiger partial charge in [0.2, 0.25) is 5.91 Å². The average molecular weight is 472 g/mol. The van der Waals surface area contributed by atoms with Crippen molar-refractivity contribution in [2.75, 3.05) is 18.1 Å². The Bertz CT molecular complexity index is 1320. The molecule has 0 radical (unpaired) electrons. The van der Waals surface area contributed by atoms with Crippen molar-refractivity contribution in [2.45, 2.75) is 19.0 Å². The largest absolute Gasteiger partial charge is 0.355 e. The fourth-order valence-corrected chi connectivity index (χ4v) is 4.16. The molecular formula is C26H25N5O2S. The van der Waals surface area contributed by atoms with Gasteiger partial charge in [0.25, 0.3) is 5.91 Å². The number of nitrogens with zero attached hydrogens (tertiary/aromatic N) is 3. The summed E-state index contributed by atoms with van der Waals surface area (Å²) in [6.45, 7) is 4.14. The van der Waals surface area contributed by atoms with Crippen LogP contribution in [0.15, 0.2) is 78.0 Å². The van der Waals surface area contributed by atoms with Crippen LogP contribution in [0.5, 0.6) is 0 Å². The van der Waals surface area contributed by atoms with Crippen molar-refractivity contribution in [1.29, 1.82) is 0 Å². The maximum absolute atomic E-state index is 12.6. The highest BCUT2D eigenvalue weighted by atomic mass is 32.2. The minimum absolute atomic E-state index is 0.162. The number of aromatic nitrogens is 3. The molecular weight excluding hydrogens is 446 g/mol. The second-order valence-corrected chi connectivity index (χ2v) is 8.71. The van der Waals surface area contributed by atoms with Gasteiger partial charge in [0.1, 0.15) is 0 Å². The van der Waals surface area contributed by atoms with Crippen molar-refractivity contribution in [2.24, 2.45) is 0 Å². The fraction of sp³-hybridized carbons (Fsp3) is 0.154. The lowest BCUT2D eigenvalue weighted by molar-refractivity contribution is -0.113. The zero-order chi connectivity index (χ0) is 24.1. The minimum atomic E-state index is -0.173. The number of carbonyl (C=O) groups is 2. The summed E-state index contributed by atoms with van der Waals surface area (Å²) in [5.74, 6) is 0.535. The molecule has 8 heteroatoms. The van der Waals surface area contributed by atoms with Gasteiger partial charge in [0.05, 0.1) is 11.4 Å². The quantitative estimate of drug-likeness (QED) is 0.383. The molecule has 1 aromatic heterocycles. The molecule has 0 aliphatic rings. The van der Waals surface area contributed by atoms with Crippen LogP contribution in [0.25, 0.3) is 17.1 Å². The first-order valence-corrected chi connectivity index (χ1v) is 11.8. The third-order valence-corrected chi connectivity index (χ3v) is 6.33. The highest BCUT2D eigenvalue weighted by molar-refractivity contribution is 7.99. The summed E-state index contributed by atoms with van der Waals surface area (Å²) in [6.07, 6.45) is 0. The van der Waals surface area contributed by atoms with Crippen LogP contribution in [0.2, 0.25) is 0 Å². The Morgan fingerprint density at radius 3 is 2.32 bits per heavy atom. The van der Waals surface area contributed by atoms with E-state index in [9.17, 15) is 9.59 Å². The second kappa shape index (κ2) is 10.4. The van der Waals surface area contributed by atoms with Gasteiger partial charge in [-0.3, -0.25) is 14.2 Å². The summed E-state index contributed by atoms with van der Waals surface area (Å²) in [4.78, 5) is 24.3. The molecule has 0 bridgehead atoms. The number of benzene rings is 3. The molecule has 0 saturated carbocycles. The summed E-state index contributed by atoms with van der Waals surface area (Å²) in [5.41, 5.74) is 5.41. The summed E-state index contributed by atoms with van der Waals surface area (Å²) >= 11 is 1.32. The number of nitrogens with one attached hydrogen (secondary N) is 2. The van der Waals surface area contributed by atoms with Crippen LogP contribution in [-0.2, 0) is 4.79 Å². The van der Waals surface area contributed by atoms with Crippen molar-refractivity contribution >= 4 is 29.3 Å². The van der Waals surface area contributed by atoms with E-state index in [0.717, 1.165) is 17.1 Å². The average Bonchev–Trinajstić information content (AvgIpc) is 3.29. The summed E-state index contributed by atoms with van der Waals surface area (Å²) in [5, 5.41) is 14.9. The van der Waals surface area contributed by atoms with Crippen LogP contribution in [0.3, 0.4) is 0 Å². The normalized spacial score (nSPS) is 10.7. The Balaban J connectivity index is 1.55. The maximum Gasteiger partial charge on any atom is 0.251 e. The zero-order valence-electron chi connectivity index (χ0n) is 19.2. The molecule has 0 atom stereocenters. The number of hydrogen-bond acceptors (Lipinski definition) is 5. The Labute approximate surface area is 202 Å². The third-order valence-electron chi connectivity index (χ3n) is 5.40. The summed E-state index contributed by atoms with van der Waals surface area (Å²) in [7, 11) is 1.58. The number of hydrogen-bond donors (Lipinski definition) is 2. The molecule has 0 spiro atoms. The topological polar surface area (TPSA) is 88.9 Å². The zero-order valence-corrected chi connectivity index (χ0v) is 20.0. The van der Waals surface area contributed by atoms with E-state index in [1.807, 2.05) is 41.0 Å². The number of thioether (sulfide) groups is 1. The van der Waals surface area contributed by atoms with Gasteiger partial charge in [-0.25, -0.2) is 0 Å². The molecule has 4 rings (SSSR count). The monoisotopic (exact) mass is 471 g/mol. The molecule has 2 amide bonds. The number of aryl methyl sites for hydroxylation is 2. The Morgan fingerprint density at radius 1 is 0.912 bits per heavy atom.